The molecule has 0 atom stereocenters. The number of hydrogen-bond donors (Lipinski definition) is 1. The molecule has 76 valence electrons. The van der Waals surface area contributed by atoms with Crippen molar-refractivity contribution in [3.05, 3.63) is 22.3 Å². The summed E-state index contributed by atoms with van der Waals surface area (Å²) in [6.07, 6.45) is 3.18. The van der Waals surface area contributed by atoms with E-state index in [0.29, 0.717) is 0 Å². The van der Waals surface area contributed by atoms with E-state index in [9.17, 15) is 0 Å². The Morgan fingerprint density at radius 1 is 1.57 bits per heavy atom. The largest absolute Gasteiger partial charge is 0.356 e. The van der Waals surface area contributed by atoms with Gasteiger partial charge in [-0.2, -0.15) is 0 Å². The number of aromatic nitrogens is 1. The lowest BCUT2D eigenvalue weighted by Gasteiger charge is -2.32. The smallest absolute Gasteiger partial charge is 0.128 e. The Kier molecular flexibility index (Phi) is 3.03. The van der Waals surface area contributed by atoms with Gasteiger partial charge in [0.25, 0.3) is 0 Å². The lowest BCUT2D eigenvalue weighted by molar-refractivity contribution is 0.608. The summed E-state index contributed by atoms with van der Waals surface area (Å²) in [6, 6.07) is 2.15. The third-order valence-corrected chi connectivity index (χ3v) is 3.18. The molecule has 2 heterocycles. The summed E-state index contributed by atoms with van der Waals surface area (Å²) >= 11 is 3.50. The van der Waals surface area contributed by atoms with E-state index < -0.39 is 0 Å². The predicted molar refractivity (Wildman–Crippen MR) is 61.5 cm³/mol. The fourth-order valence-electron chi connectivity index (χ4n) is 1.51. The highest BCUT2D eigenvalue weighted by Crippen LogP contribution is 2.23. The predicted octanol–water partition coefficient (Wildman–Crippen LogP) is 1.77. The van der Waals surface area contributed by atoms with Crippen molar-refractivity contribution in [3.8, 4) is 0 Å². The zero-order valence-corrected chi connectivity index (χ0v) is 9.84. The molecule has 0 bridgehead atoms. The third-order valence-electron chi connectivity index (χ3n) is 2.47. The van der Waals surface area contributed by atoms with Crippen LogP contribution in [0.25, 0.3) is 0 Å². The van der Waals surface area contributed by atoms with Gasteiger partial charge in [0.15, 0.2) is 0 Å². The number of nitrogens with zero attached hydrogens (tertiary/aromatic N) is 2. The van der Waals surface area contributed by atoms with Crippen LogP contribution in [0.3, 0.4) is 0 Å². The van der Waals surface area contributed by atoms with Crippen molar-refractivity contribution in [1.29, 1.82) is 0 Å². The zero-order chi connectivity index (χ0) is 9.97. The highest BCUT2D eigenvalue weighted by molar-refractivity contribution is 9.10. The molecule has 0 amide bonds. The Labute approximate surface area is 92.6 Å². The van der Waals surface area contributed by atoms with Crippen molar-refractivity contribution >= 4 is 21.7 Å². The van der Waals surface area contributed by atoms with Gasteiger partial charge in [0.2, 0.25) is 0 Å². The second-order valence-electron chi connectivity index (χ2n) is 3.50. The van der Waals surface area contributed by atoms with Gasteiger partial charge in [0.05, 0.1) is 0 Å². The Morgan fingerprint density at radius 2 is 2.36 bits per heavy atom. The van der Waals surface area contributed by atoms with E-state index in [1.165, 1.54) is 12.0 Å². The molecule has 1 aliphatic heterocycles. The summed E-state index contributed by atoms with van der Waals surface area (Å²) in [5.74, 6) is 1.10. The molecule has 0 radical (unpaired) electrons. The highest BCUT2D eigenvalue weighted by Gasteiger charge is 2.16. The van der Waals surface area contributed by atoms with E-state index in [2.05, 4.69) is 37.2 Å². The van der Waals surface area contributed by atoms with Crippen LogP contribution >= 0.6 is 15.9 Å². The first kappa shape index (κ1) is 9.93. The Hall–Kier alpha value is -0.610. The first-order valence-electron chi connectivity index (χ1n) is 4.85. The second kappa shape index (κ2) is 4.28. The van der Waals surface area contributed by atoms with Gasteiger partial charge < -0.3 is 10.2 Å². The topological polar surface area (TPSA) is 28.2 Å². The average molecular weight is 256 g/mol. The number of rotatable bonds is 3. The molecule has 1 fully saturated rings. The summed E-state index contributed by atoms with van der Waals surface area (Å²) in [5, 5.41) is 3.15. The number of pyridine rings is 1. The standard InChI is InChI=1S/C10H14BrN3/c1-12-6-8-5-10(13-7-9(8)11)14-3-2-4-14/h5,7,12H,2-4,6H2,1H3. The molecule has 1 saturated heterocycles. The number of hydrogen-bond acceptors (Lipinski definition) is 3. The molecule has 14 heavy (non-hydrogen) atoms. The number of nitrogens with one attached hydrogen (secondary N) is 1. The molecule has 2 rings (SSSR count). The molecule has 1 aromatic heterocycles. The fourth-order valence-corrected chi connectivity index (χ4v) is 1.87. The average Bonchev–Trinajstić information content (AvgIpc) is 2.08. The van der Waals surface area contributed by atoms with Crippen LogP contribution in [-0.4, -0.2) is 25.1 Å². The van der Waals surface area contributed by atoms with E-state index in [0.717, 1.165) is 29.9 Å². The molecular formula is C10H14BrN3. The normalized spacial score (nSPS) is 15.4. The number of anilines is 1. The lowest BCUT2D eigenvalue weighted by atomic mass is 10.2. The van der Waals surface area contributed by atoms with Crippen LogP contribution in [0.2, 0.25) is 0 Å². The maximum atomic E-state index is 4.39. The van der Waals surface area contributed by atoms with Gasteiger partial charge in [-0.3, -0.25) is 0 Å². The van der Waals surface area contributed by atoms with E-state index in [-0.39, 0.29) is 0 Å². The SMILES string of the molecule is CNCc1cc(N2CCC2)ncc1Br. The lowest BCUT2D eigenvalue weighted by Crippen LogP contribution is -2.37. The van der Waals surface area contributed by atoms with E-state index in [1.807, 2.05) is 13.2 Å². The minimum atomic E-state index is 0.879. The van der Waals surface area contributed by atoms with Gasteiger partial charge >= 0.3 is 0 Å². The van der Waals surface area contributed by atoms with Crippen molar-refractivity contribution in [2.24, 2.45) is 0 Å². The first-order chi connectivity index (χ1) is 6.81. The van der Waals surface area contributed by atoms with Gasteiger partial charge in [0, 0.05) is 30.3 Å². The molecule has 3 nitrogen and oxygen atoms in total. The van der Waals surface area contributed by atoms with Crippen LogP contribution in [0.1, 0.15) is 12.0 Å². The summed E-state index contributed by atoms with van der Waals surface area (Å²) in [6.45, 7) is 3.17. The van der Waals surface area contributed by atoms with Crippen molar-refractivity contribution in [2.75, 3.05) is 25.0 Å². The minimum Gasteiger partial charge on any atom is -0.356 e. The van der Waals surface area contributed by atoms with Gasteiger partial charge in [-0.1, -0.05) is 0 Å². The summed E-state index contributed by atoms with van der Waals surface area (Å²) in [5.41, 5.74) is 1.27. The van der Waals surface area contributed by atoms with Crippen molar-refractivity contribution < 1.29 is 0 Å². The summed E-state index contributed by atoms with van der Waals surface area (Å²) in [4.78, 5) is 6.69. The van der Waals surface area contributed by atoms with E-state index in [1.54, 1.807) is 0 Å². The van der Waals surface area contributed by atoms with Gasteiger partial charge in [0.1, 0.15) is 5.82 Å². The maximum absolute atomic E-state index is 4.39. The molecule has 0 unspecified atom stereocenters. The molecule has 1 N–H and O–H groups in total. The molecule has 4 heteroatoms. The van der Waals surface area contributed by atoms with Crippen molar-refractivity contribution in [3.63, 3.8) is 0 Å². The molecule has 0 spiro atoms. The van der Waals surface area contributed by atoms with Crippen molar-refractivity contribution in [1.82, 2.24) is 10.3 Å². The maximum Gasteiger partial charge on any atom is 0.128 e. The van der Waals surface area contributed by atoms with Gasteiger partial charge in [-0.15, -0.1) is 0 Å². The van der Waals surface area contributed by atoms with Gasteiger partial charge in [-0.25, -0.2) is 4.98 Å². The molecule has 0 saturated carbocycles. The molecular weight excluding hydrogens is 242 g/mol. The van der Waals surface area contributed by atoms with E-state index in [4.69, 9.17) is 0 Å². The second-order valence-corrected chi connectivity index (χ2v) is 4.36. The molecule has 0 aromatic carbocycles. The fraction of sp³-hybridized carbons (Fsp3) is 0.500. The van der Waals surface area contributed by atoms with Gasteiger partial charge in [-0.05, 0) is 41.0 Å². The first-order valence-corrected chi connectivity index (χ1v) is 5.64. The molecule has 1 aliphatic rings. The van der Waals surface area contributed by atoms with Crippen LogP contribution in [0, 0.1) is 0 Å². The van der Waals surface area contributed by atoms with Crippen LogP contribution in [0.5, 0.6) is 0 Å². The summed E-state index contributed by atoms with van der Waals surface area (Å²) < 4.78 is 1.08. The van der Waals surface area contributed by atoms with Crippen LogP contribution in [0.4, 0.5) is 5.82 Å². The zero-order valence-electron chi connectivity index (χ0n) is 8.26. The summed E-state index contributed by atoms with van der Waals surface area (Å²) in [7, 11) is 1.95. The Morgan fingerprint density at radius 3 is 2.93 bits per heavy atom. The van der Waals surface area contributed by atoms with Crippen molar-refractivity contribution in [2.45, 2.75) is 13.0 Å². The molecule has 0 aliphatic carbocycles. The Bertz CT molecular complexity index is 323. The monoisotopic (exact) mass is 255 g/mol. The van der Waals surface area contributed by atoms with Crippen LogP contribution in [-0.2, 0) is 6.54 Å². The highest BCUT2D eigenvalue weighted by atomic mass is 79.9. The van der Waals surface area contributed by atoms with Crippen LogP contribution in [0.15, 0.2) is 16.7 Å². The third kappa shape index (κ3) is 1.91. The van der Waals surface area contributed by atoms with E-state index >= 15 is 0 Å². The number of halogens is 1. The molecule has 1 aromatic rings. The quantitative estimate of drug-likeness (QED) is 0.893. The Balaban J connectivity index is 2.21. The minimum absolute atomic E-state index is 0.879. The van der Waals surface area contributed by atoms with Crippen LogP contribution < -0.4 is 10.2 Å².